The highest BCUT2D eigenvalue weighted by Crippen LogP contribution is 2.19. The quantitative estimate of drug-likeness (QED) is 0.744. The molecular weight excluding hydrogens is 306 g/mol. The zero-order valence-corrected chi connectivity index (χ0v) is 14.2. The molecule has 0 aromatic carbocycles. The predicted molar refractivity (Wildman–Crippen MR) is 90.4 cm³/mol. The summed E-state index contributed by atoms with van der Waals surface area (Å²) in [6.45, 7) is 4.45. The molecule has 1 N–H and O–H groups in total. The van der Waals surface area contributed by atoms with Crippen molar-refractivity contribution in [3.8, 4) is 0 Å². The summed E-state index contributed by atoms with van der Waals surface area (Å²) in [6.07, 6.45) is 8.52. The molecule has 0 atom stereocenters. The number of carbonyl (C=O) groups is 2. The van der Waals surface area contributed by atoms with Crippen LogP contribution in [0.4, 0.5) is 0 Å². The van der Waals surface area contributed by atoms with Gasteiger partial charge in [-0.1, -0.05) is 6.42 Å². The minimum absolute atomic E-state index is 0.0658. The van der Waals surface area contributed by atoms with E-state index in [1.54, 1.807) is 6.20 Å². The molecule has 0 bridgehead atoms. The second kappa shape index (κ2) is 8.28. The van der Waals surface area contributed by atoms with Crippen molar-refractivity contribution in [2.24, 2.45) is 0 Å². The Hall–Kier alpha value is -1.89. The monoisotopic (exact) mass is 333 g/mol. The van der Waals surface area contributed by atoms with E-state index in [1.165, 1.54) is 0 Å². The summed E-state index contributed by atoms with van der Waals surface area (Å²) in [5.74, 6) is 0.333. The standard InChI is InChI=1S/C17H27N5O2/c23-16(14-20-12-15(13-20)22-11-5-8-19-22)18-7-4-10-21-9-3-1-2-6-17(21)24/h5,8,11,15H,1-4,6-7,9-10,12-14H2,(H,18,23). The van der Waals surface area contributed by atoms with Crippen molar-refractivity contribution in [2.75, 3.05) is 39.3 Å². The van der Waals surface area contributed by atoms with Crippen LogP contribution >= 0.6 is 0 Å². The highest BCUT2D eigenvalue weighted by molar-refractivity contribution is 5.78. The van der Waals surface area contributed by atoms with Crippen molar-refractivity contribution in [3.05, 3.63) is 18.5 Å². The van der Waals surface area contributed by atoms with Crippen molar-refractivity contribution in [1.29, 1.82) is 0 Å². The molecule has 1 aromatic heterocycles. The molecule has 1 aromatic rings. The van der Waals surface area contributed by atoms with Gasteiger partial charge in [-0.05, 0) is 25.3 Å². The fourth-order valence-electron chi connectivity index (χ4n) is 3.37. The largest absolute Gasteiger partial charge is 0.355 e. The molecule has 132 valence electrons. The minimum atomic E-state index is 0.0658. The van der Waals surface area contributed by atoms with Gasteiger partial charge >= 0.3 is 0 Å². The molecule has 7 heteroatoms. The summed E-state index contributed by atoms with van der Waals surface area (Å²) in [5, 5.41) is 7.19. The van der Waals surface area contributed by atoms with Crippen molar-refractivity contribution < 1.29 is 9.59 Å². The Morgan fingerprint density at radius 2 is 2.17 bits per heavy atom. The maximum Gasteiger partial charge on any atom is 0.234 e. The van der Waals surface area contributed by atoms with Crippen molar-refractivity contribution in [2.45, 2.75) is 38.1 Å². The van der Waals surface area contributed by atoms with E-state index in [1.807, 2.05) is 21.8 Å². The molecule has 3 rings (SSSR count). The van der Waals surface area contributed by atoms with Crippen LogP contribution in [-0.2, 0) is 9.59 Å². The molecule has 0 unspecified atom stereocenters. The van der Waals surface area contributed by atoms with Gasteiger partial charge in [0.05, 0.1) is 12.6 Å². The molecule has 2 aliphatic rings. The summed E-state index contributed by atoms with van der Waals surface area (Å²) < 4.78 is 1.95. The van der Waals surface area contributed by atoms with Crippen LogP contribution in [0.3, 0.4) is 0 Å². The fourth-order valence-corrected chi connectivity index (χ4v) is 3.37. The van der Waals surface area contributed by atoms with Gasteiger partial charge < -0.3 is 10.2 Å². The maximum atomic E-state index is 12.0. The molecule has 2 saturated heterocycles. The Morgan fingerprint density at radius 1 is 1.29 bits per heavy atom. The van der Waals surface area contributed by atoms with E-state index in [0.717, 1.165) is 51.9 Å². The number of amides is 2. The van der Waals surface area contributed by atoms with Crippen LogP contribution in [0.5, 0.6) is 0 Å². The van der Waals surface area contributed by atoms with Crippen molar-refractivity contribution >= 4 is 11.8 Å². The third kappa shape index (κ3) is 4.56. The number of likely N-dealkylation sites (tertiary alicyclic amines) is 2. The summed E-state index contributed by atoms with van der Waals surface area (Å²) in [6, 6.07) is 2.31. The number of carbonyl (C=O) groups excluding carboxylic acids is 2. The second-order valence-corrected chi connectivity index (χ2v) is 6.73. The lowest BCUT2D eigenvalue weighted by Gasteiger charge is -2.38. The Bertz CT molecular complexity index is 539. The summed E-state index contributed by atoms with van der Waals surface area (Å²) in [7, 11) is 0. The first-order valence-corrected chi connectivity index (χ1v) is 8.98. The van der Waals surface area contributed by atoms with Gasteiger partial charge in [0.2, 0.25) is 11.8 Å². The first-order chi connectivity index (χ1) is 11.7. The lowest BCUT2D eigenvalue weighted by atomic mass is 10.1. The number of aromatic nitrogens is 2. The lowest BCUT2D eigenvalue weighted by molar-refractivity contribution is -0.130. The Balaban J connectivity index is 1.26. The minimum Gasteiger partial charge on any atom is -0.355 e. The van der Waals surface area contributed by atoms with Gasteiger partial charge in [-0.15, -0.1) is 0 Å². The van der Waals surface area contributed by atoms with E-state index in [-0.39, 0.29) is 11.8 Å². The molecule has 0 saturated carbocycles. The number of hydrogen-bond acceptors (Lipinski definition) is 4. The van der Waals surface area contributed by atoms with E-state index in [4.69, 9.17) is 0 Å². The molecule has 0 spiro atoms. The van der Waals surface area contributed by atoms with Gasteiger partial charge in [-0.2, -0.15) is 5.10 Å². The lowest BCUT2D eigenvalue weighted by Crippen LogP contribution is -2.51. The fraction of sp³-hybridized carbons (Fsp3) is 0.706. The Morgan fingerprint density at radius 3 is 2.96 bits per heavy atom. The third-order valence-electron chi connectivity index (χ3n) is 4.80. The van der Waals surface area contributed by atoms with E-state index in [2.05, 4.69) is 15.3 Å². The Kier molecular flexibility index (Phi) is 5.85. The van der Waals surface area contributed by atoms with Crippen LogP contribution in [0.1, 0.15) is 38.1 Å². The van der Waals surface area contributed by atoms with Crippen LogP contribution in [0.25, 0.3) is 0 Å². The average Bonchev–Trinajstić information content (AvgIpc) is 2.97. The van der Waals surface area contributed by atoms with Crippen molar-refractivity contribution in [1.82, 2.24) is 24.9 Å². The van der Waals surface area contributed by atoms with Gasteiger partial charge in [-0.25, -0.2) is 0 Å². The molecular formula is C17H27N5O2. The van der Waals surface area contributed by atoms with Gasteiger partial charge in [0.25, 0.3) is 0 Å². The highest BCUT2D eigenvalue weighted by Gasteiger charge is 2.29. The first kappa shape index (κ1) is 17.0. The molecule has 3 heterocycles. The van der Waals surface area contributed by atoms with Crippen LogP contribution in [0.15, 0.2) is 18.5 Å². The van der Waals surface area contributed by atoms with Crippen LogP contribution in [0.2, 0.25) is 0 Å². The van der Waals surface area contributed by atoms with Crippen LogP contribution in [-0.4, -0.2) is 70.7 Å². The summed E-state index contributed by atoms with van der Waals surface area (Å²) >= 11 is 0. The molecule has 2 amide bonds. The maximum absolute atomic E-state index is 12.0. The number of nitrogens with one attached hydrogen (secondary N) is 1. The average molecular weight is 333 g/mol. The van der Waals surface area contributed by atoms with Gasteiger partial charge in [0, 0.05) is 51.5 Å². The topological polar surface area (TPSA) is 70.5 Å². The second-order valence-electron chi connectivity index (χ2n) is 6.73. The predicted octanol–water partition coefficient (Wildman–Crippen LogP) is 0.649. The molecule has 7 nitrogen and oxygen atoms in total. The highest BCUT2D eigenvalue weighted by atomic mass is 16.2. The molecule has 2 aliphatic heterocycles. The molecule has 0 aliphatic carbocycles. The van der Waals surface area contributed by atoms with E-state index in [9.17, 15) is 9.59 Å². The molecule has 0 radical (unpaired) electrons. The zero-order valence-electron chi connectivity index (χ0n) is 14.2. The van der Waals surface area contributed by atoms with E-state index in [0.29, 0.717) is 25.6 Å². The van der Waals surface area contributed by atoms with E-state index < -0.39 is 0 Å². The smallest absolute Gasteiger partial charge is 0.234 e. The van der Waals surface area contributed by atoms with Crippen LogP contribution in [0, 0.1) is 0 Å². The van der Waals surface area contributed by atoms with Crippen LogP contribution < -0.4 is 5.32 Å². The van der Waals surface area contributed by atoms with E-state index >= 15 is 0 Å². The van der Waals surface area contributed by atoms with Gasteiger partial charge in [0.1, 0.15) is 0 Å². The normalized spacial score (nSPS) is 19.8. The SMILES string of the molecule is O=C(CN1CC(n2cccn2)C1)NCCCN1CCCCCC1=O. The van der Waals surface area contributed by atoms with Gasteiger partial charge in [-0.3, -0.25) is 19.2 Å². The Labute approximate surface area is 143 Å². The third-order valence-corrected chi connectivity index (χ3v) is 4.80. The number of hydrogen-bond donors (Lipinski definition) is 1. The van der Waals surface area contributed by atoms with Crippen molar-refractivity contribution in [3.63, 3.8) is 0 Å². The first-order valence-electron chi connectivity index (χ1n) is 8.98. The number of rotatable bonds is 7. The summed E-state index contributed by atoms with van der Waals surface area (Å²) in [5.41, 5.74) is 0. The van der Waals surface area contributed by atoms with Gasteiger partial charge in [0.15, 0.2) is 0 Å². The molecule has 24 heavy (non-hydrogen) atoms. The number of nitrogens with zero attached hydrogens (tertiary/aromatic N) is 4. The summed E-state index contributed by atoms with van der Waals surface area (Å²) in [4.78, 5) is 27.9. The molecule has 2 fully saturated rings. The zero-order chi connectivity index (χ0) is 16.8.